The molecule has 1 saturated heterocycles. The SMILES string of the molecule is CCN1CCCC1CNc1ncnc2onc(C)c12. The van der Waals surface area contributed by atoms with Crippen molar-refractivity contribution in [3.8, 4) is 0 Å². The van der Waals surface area contributed by atoms with Gasteiger partial charge in [0.2, 0.25) is 0 Å². The van der Waals surface area contributed by atoms with Crippen molar-refractivity contribution >= 4 is 16.9 Å². The summed E-state index contributed by atoms with van der Waals surface area (Å²) in [6.07, 6.45) is 4.05. The van der Waals surface area contributed by atoms with E-state index in [1.165, 1.54) is 25.7 Å². The fourth-order valence-corrected chi connectivity index (χ4v) is 2.81. The van der Waals surface area contributed by atoms with Gasteiger partial charge in [0, 0.05) is 12.6 Å². The monoisotopic (exact) mass is 261 g/mol. The van der Waals surface area contributed by atoms with Crippen LogP contribution in [0.3, 0.4) is 0 Å². The maximum Gasteiger partial charge on any atom is 0.263 e. The summed E-state index contributed by atoms with van der Waals surface area (Å²) in [7, 11) is 0. The van der Waals surface area contributed by atoms with Gasteiger partial charge in [-0.05, 0) is 32.9 Å². The number of anilines is 1. The zero-order valence-corrected chi connectivity index (χ0v) is 11.4. The maximum absolute atomic E-state index is 5.15. The van der Waals surface area contributed by atoms with Crippen LogP contribution in [0.4, 0.5) is 5.82 Å². The predicted octanol–water partition coefficient (Wildman–Crippen LogP) is 1.82. The fourth-order valence-electron chi connectivity index (χ4n) is 2.81. The number of likely N-dealkylation sites (N-methyl/N-ethyl adjacent to an activating group) is 1. The molecule has 19 heavy (non-hydrogen) atoms. The standard InChI is InChI=1S/C13H19N5O/c1-3-18-6-4-5-10(18)7-14-12-11-9(2)17-19-13(11)16-8-15-12/h8,10H,3-7H2,1-2H3,(H,14,15,16). The first-order chi connectivity index (χ1) is 9.29. The largest absolute Gasteiger partial charge is 0.368 e. The topological polar surface area (TPSA) is 67.1 Å². The van der Waals surface area contributed by atoms with Gasteiger partial charge in [-0.25, -0.2) is 4.98 Å². The summed E-state index contributed by atoms with van der Waals surface area (Å²) in [5.41, 5.74) is 1.38. The van der Waals surface area contributed by atoms with Crippen LogP contribution in [0.25, 0.3) is 11.1 Å². The molecule has 3 rings (SSSR count). The van der Waals surface area contributed by atoms with E-state index in [1.807, 2.05) is 6.92 Å². The number of nitrogens with one attached hydrogen (secondary N) is 1. The molecule has 1 aliphatic heterocycles. The summed E-state index contributed by atoms with van der Waals surface area (Å²) < 4.78 is 5.15. The molecule has 0 radical (unpaired) electrons. The average Bonchev–Trinajstić information content (AvgIpc) is 3.03. The van der Waals surface area contributed by atoms with Crippen molar-refractivity contribution in [3.63, 3.8) is 0 Å². The van der Waals surface area contributed by atoms with E-state index in [1.54, 1.807) is 0 Å². The molecule has 2 aromatic heterocycles. The third kappa shape index (κ3) is 2.28. The highest BCUT2D eigenvalue weighted by Crippen LogP contribution is 2.23. The van der Waals surface area contributed by atoms with E-state index in [2.05, 4.69) is 32.3 Å². The van der Waals surface area contributed by atoms with E-state index >= 15 is 0 Å². The Kier molecular flexibility index (Phi) is 3.33. The van der Waals surface area contributed by atoms with Crippen molar-refractivity contribution in [1.29, 1.82) is 0 Å². The highest BCUT2D eigenvalue weighted by atomic mass is 16.5. The van der Waals surface area contributed by atoms with Crippen LogP contribution >= 0.6 is 0 Å². The van der Waals surface area contributed by atoms with Gasteiger partial charge in [-0.2, -0.15) is 4.98 Å². The van der Waals surface area contributed by atoms with Crippen molar-refractivity contribution in [2.24, 2.45) is 0 Å². The molecule has 1 unspecified atom stereocenters. The molecule has 102 valence electrons. The van der Waals surface area contributed by atoms with E-state index in [-0.39, 0.29) is 0 Å². The van der Waals surface area contributed by atoms with Gasteiger partial charge in [0.25, 0.3) is 5.71 Å². The molecular weight excluding hydrogens is 242 g/mol. The van der Waals surface area contributed by atoms with Crippen LogP contribution in [0.2, 0.25) is 0 Å². The Bertz CT molecular complexity index is 567. The van der Waals surface area contributed by atoms with Crippen molar-refractivity contribution in [1.82, 2.24) is 20.0 Å². The Morgan fingerprint density at radius 2 is 2.37 bits per heavy atom. The average molecular weight is 261 g/mol. The number of likely N-dealkylation sites (tertiary alicyclic amines) is 1. The molecule has 0 aromatic carbocycles. The van der Waals surface area contributed by atoms with E-state index in [0.29, 0.717) is 11.8 Å². The number of hydrogen-bond donors (Lipinski definition) is 1. The molecule has 6 nitrogen and oxygen atoms in total. The van der Waals surface area contributed by atoms with Gasteiger partial charge < -0.3 is 9.84 Å². The zero-order valence-electron chi connectivity index (χ0n) is 11.4. The van der Waals surface area contributed by atoms with Crippen molar-refractivity contribution in [2.75, 3.05) is 25.0 Å². The smallest absolute Gasteiger partial charge is 0.263 e. The third-order valence-corrected chi connectivity index (χ3v) is 3.85. The van der Waals surface area contributed by atoms with Gasteiger partial charge in [-0.1, -0.05) is 12.1 Å². The highest BCUT2D eigenvalue weighted by molar-refractivity contribution is 5.87. The molecule has 1 aliphatic rings. The van der Waals surface area contributed by atoms with Crippen LogP contribution in [0.15, 0.2) is 10.9 Å². The summed E-state index contributed by atoms with van der Waals surface area (Å²) in [6.45, 7) is 7.34. The van der Waals surface area contributed by atoms with Gasteiger partial charge in [0.15, 0.2) is 0 Å². The van der Waals surface area contributed by atoms with Crippen LogP contribution in [0, 0.1) is 6.92 Å². The normalized spacial score (nSPS) is 20.2. The molecule has 0 spiro atoms. The van der Waals surface area contributed by atoms with Gasteiger partial charge in [0.1, 0.15) is 17.5 Å². The fraction of sp³-hybridized carbons (Fsp3) is 0.615. The highest BCUT2D eigenvalue weighted by Gasteiger charge is 2.23. The summed E-state index contributed by atoms with van der Waals surface area (Å²) in [5, 5.41) is 8.26. The molecule has 3 heterocycles. The van der Waals surface area contributed by atoms with Crippen LogP contribution in [0.5, 0.6) is 0 Å². The number of aromatic nitrogens is 3. The molecule has 0 aliphatic carbocycles. The Balaban J connectivity index is 1.76. The number of aryl methyl sites for hydroxylation is 1. The van der Waals surface area contributed by atoms with E-state index in [4.69, 9.17) is 4.52 Å². The minimum atomic E-state index is 0.550. The van der Waals surface area contributed by atoms with Crippen LogP contribution in [-0.4, -0.2) is 45.7 Å². The van der Waals surface area contributed by atoms with Gasteiger partial charge in [-0.15, -0.1) is 0 Å². The second kappa shape index (κ2) is 5.13. The van der Waals surface area contributed by atoms with Crippen molar-refractivity contribution < 1.29 is 4.52 Å². The summed E-state index contributed by atoms with van der Waals surface area (Å²) in [6, 6.07) is 0.593. The molecule has 1 atom stereocenters. The lowest BCUT2D eigenvalue weighted by atomic mass is 10.2. The molecule has 2 aromatic rings. The van der Waals surface area contributed by atoms with Crippen molar-refractivity contribution in [3.05, 3.63) is 12.0 Å². The van der Waals surface area contributed by atoms with Gasteiger partial charge in [0.05, 0.1) is 5.69 Å². The predicted molar refractivity (Wildman–Crippen MR) is 73.1 cm³/mol. The molecule has 0 bridgehead atoms. The zero-order chi connectivity index (χ0) is 13.2. The lowest BCUT2D eigenvalue weighted by Crippen LogP contribution is -2.34. The minimum Gasteiger partial charge on any atom is -0.368 e. The molecule has 1 fully saturated rings. The number of hydrogen-bond acceptors (Lipinski definition) is 6. The lowest BCUT2D eigenvalue weighted by Gasteiger charge is -2.23. The molecule has 6 heteroatoms. The van der Waals surface area contributed by atoms with Crippen molar-refractivity contribution in [2.45, 2.75) is 32.7 Å². The molecule has 1 N–H and O–H groups in total. The quantitative estimate of drug-likeness (QED) is 0.905. The van der Waals surface area contributed by atoms with Gasteiger partial charge >= 0.3 is 0 Å². The third-order valence-electron chi connectivity index (χ3n) is 3.85. The number of rotatable bonds is 4. The second-order valence-corrected chi connectivity index (χ2v) is 4.98. The molecule has 0 amide bonds. The van der Waals surface area contributed by atoms with E-state index < -0.39 is 0 Å². The van der Waals surface area contributed by atoms with Crippen LogP contribution in [0.1, 0.15) is 25.5 Å². The maximum atomic E-state index is 5.15. The Labute approximate surface area is 112 Å². The Hall–Kier alpha value is -1.69. The minimum absolute atomic E-state index is 0.550. The first-order valence-corrected chi connectivity index (χ1v) is 6.84. The molecule has 0 saturated carbocycles. The van der Waals surface area contributed by atoms with Crippen LogP contribution in [-0.2, 0) is 0 Å². The van der Waals surface area contributed by atoms with E-state index in [9.17, 15) is 0 Å². The second-order valence-electron chi connectivity index (χ2n) is 4.98. The lowest BCUT2D eigenvalue weighted by molar-refractivity contribution is 0.277. The summed E-state index contributed by atoms with van der Waals surface area (Å²) in [4.78, 5) is 10.9. The first-order valence-electron chi connectivity index (χ1n) is 6.84. The van der Waals surface area contributed by atoms with Gasteiger partial charge in [-0.3, -0.25) is 4.90 Å². The Morgan fingerprint density at radius 3 is 3.21 bits per heavy atom. The number of fused-ring (bicyclic) bond motifs is 1. The number of nitrogens with zero attached hydrogens (tertiary/aromatic N) is 4. The summed E-state index contributed by atoms with van der Waals surface area (Å²) >= 11 is 0. The summed E-state index contributed by atoms with van der Waals surface area (Å²) in [5.74, 6) is 0.826. The Morgan fingerprint density at radius 1 is 1.47 bits per heavy atom. The van der Waals surface area contributed by atoms with Crippen LogP contribution < -0.4 is 5.32 Å². The molecular formula is C13H19N5O. The first kappa shape index (κ1) is 12.3. The van der Waals surface area contributed by atoms with E-state index in [0.717, 1.165) is 30.0 Å².